The molecule has 1 aliphatic heterocycles. The van der Waals surface area contributed by atoms with Gasteiger partial charge in [0.05, 0.1) is 0 Å². The number of hydrogen-bond donors (Lipinski definition) is 0. The molecular formula is C14H20ClNO. The summed E-state index contributed by atoms with van der Waals surface area (Å²) in [7, 11) is 0. The summed E-state index contributed by atoms with van der Waals surface area (Å²) in [6.07, 6.45) is 1.37. The topological polar surface area (TPSA) is 12.5 Å². The Morgan fingerprint density at radius 3 is 2.71 bits per heavy atom. The summed E-state index contributed by atoms with van der Waals surface area (Å²) in [6.45, 7) is 8.84. The second-order valence-electron chi connectivity index (χ2n) is 5.60. The minimum atomic E-state index is 0.229. The molecule has 0 aromatic heterocycles. The first-order valence-corrected chi connectivity index (χ1v) is 6.50. The third-order valence-corrected chi connectivity index (χ3v) is 3.43. The molecule has 2 rings (SSSR count). The number of halogens is 1. The minimum absolute atomic E-state index is 0.229. The zero-order valence-electron chi connectivity index (χ0n) is 10.7. The molecule has 0 spiro atoms. The lowest BCUT2D eigenvalue weighted by Gasteiger charge is -2.31. The Balaban J connectivity index is 1.94. The van der Waals surface area contributed by atoms with Crippen molar-refractivity contribution in [3.8, 4) is 5.75 Å². The molecule has 0 unspecified atom stereocenters. The van der Waals surface area contributed by atoms with Crippen LogP contribution < -0.4 is 4.74 Å². The Labute approximate surface area is 109 Å². The maximum Gasteiger partial charge on any atom is 0.121 e. The number of ether oxygens (including phenoxy) is 1. The van der Waals surface area contributed by atoms with Gasteiger partial charge in [-0.25, -0.2) is 0 Å². The van der Waals surface area contributed by atoms with Crippen LogP contribution in [0.3, 0.4) is 0 Å². The Kier molecular flexibility index (Phi) is 3.64. The summed E-state index contributed by atoms with van der Waals surface area (Å²) in [6, 6.07) is 7.63. The van der Waals surface area contributed by atoms with Gasteiger partial charge in [0, 0.05) is 23.7 Å². The van der Waals surface area contributed by atoms with Crippen molar-refractivity contribution in [2.24, 2.45) is 0 Å². The van der Waals surface area contributed by atoms with Gasteiger partial charge in [-0.3, -0.25) is 4.90 Å². The van der Waals surface area contributed by atoms with Crippen molar-refractivity contribution in [3.63, 3.8) is 0 Å². The lowest BCUT2D eigenvalue weighted by atomic mass is 10.1. The third-order valence-electron chi connectivity index (χ3n) is 3.19. The smallest absolute Gasteiger partial charge is 0.121 e. The van der Waals surface area contributed by atoms with E-state index >= 15 is 0 Å². The van der Waals surface area contributed by atoms with E-state index in [0.717, 1.165) is 30.3 Å². The fraction of sp³-hybridized carbons (Fsp3) is 0.571. The lowest BCUT2D eigenvalue weighted by Crippen LogP contribution is -2.40. The van der Waals surface area contributed by atoms with E-state index in [4.69, 9.17) is 16.3 Å². The molecule has 0 bridgehead atoms. The molecule has 0 saturated carbocycles. The second-order valence-corrected chi connectivity index (χ2v) is 6.04. The van der Waals surface area contributed by atoms with Crippen molar-refractivity contribution in [1.29, 1.82) is 0 Å². The van der Waals surface area contributed by atoms with E-state index in [1.807, 2.05) is 24.3 Å². The molecule has 1 atom stereocenters. The lowest BCUT2D eigenvalue weighted by molar-refractivity contribution is 0.141. The maximum absolute atomic E-state index is 5.96. The first kappa shape index (κ1) is 12.7. The first-order chi connectivity index (χ1) is 7.95. The van der Waals surface area contributed by atoms with Crippen molar-refractivity contribution >= 4 is 11.6 Å². The van der Waals surface area contributed by atoms with Gasteiger partial charge in [0.15, 0.2) is 0 Å². The van der Waals surface area contributed by atoms with Gasteiger partial charge in [0.25, 0.3) is 0 Å². The van der Waals surface area contributed by atoms with Crippen molar-refractivity contribution in [2.75, 3.05) is 13.1 Å². The molecule has 0 amide bonds. The van der Waals surface area contributed by atoms with Gasteiger partial charge in [-0.05, 0) is 45.4 Å². The molecule has 94 valence electrons. The highest BCUT2D eigenvalue weighted by Gasteiger charge is 2.31. The second kappa shape index (κ2) is 4.87. The average Bonchev–Trinajstić information content (AvgIpc) is 2.65. The number of nitrogens with zero attached hydrogens (tertiary/aromatic N) is 1. The number of rotatable bonds is 2. The Morgan fingerprint density at radius 2 is 2.12 bits per heavy atom. The molecule has 1 saturated heterocycles. The minimum Gasteiger partial charge on any atom is -0.489 e. The zero-order valence-corrected chi connectivity index (χ0v) is 11.5. The van der Waals surface area contributed by atoms with Crippen LogP contribution in [0.15, 0.2) is 24.3 Å². The molecular weight excluding hydrogens is 234 g/mol. The molecule has 2 nitrogen and oxygen atoms in total. The number of hydrogen-bond acceptors (Lipinski definition) is 2. The van der Waals surface area contributed by atoms with Gasteiger partial charge >= 0.3 is 0 Å². The molecule has 1 fully saturated rings. The zero-order chi connectivity index (χ0) is 12.5. The van der Waals surface area contributed by atoms with Crippen LogP contribution in [0.1, 0.15) is 27.2 Å². The Morgan fingerprint density at radius 1 is 1.35 bits per heavy atom. The molecule has 17 heavy (non-hydrogen) atoms. The van der Waals surface area contributed by atoms with Crippen LogP contribution in [-0.2, 0) is 0 Å². The van der Waals surface area contributed by atoms with Gasteiger partial charge in [0.1, 0.15) is 11.9 Å². The largest absolute Gasteiger partial charge is 0.489 e. The van der Waals surface area contributed by atoms with Gasteiger partial charge in [0.2, 0.25) is 0 Å². The molecule has 0 radical (unpaired) electrons. The van der Waals surface area contributed by atoms with E-state index in [1.54, 1.807) is 0 Å². The molecule has 1 aromatic carbocycles. The summed E-state index contributed by atoms with van der Waals surface area (Å²) < 4.78 is 5.96. The predicted octanol–water partition coefficient (Wildman–Crippen LogP) is 3.59. The van der Waals surface area contributed by atoms with E-state index < -0.39 is 0 Å². The normalized spacial score (nSPS) is 21.8. The van der Waals surface area contributed by atoms with E-state index in [-0.39, 0.29) is 11.6 Å². The number of benzene rings is 1. The fourth-order valence-corrected chi connectivity index (χ4v) is 2.35. The van der Waals surface area contributed by atoms with Crippen LogP contribution >= 0.6 is 11.6 Å². The Bertz CT molecular complexity index is 386. The molecule has 0 aliphatic carbocycles. The van der Waals surface area contributed by atoms with Crippen molar-refractivity contribution in [2.45, 2.75) is 38.8 Å². The van der Waals surface area contributed by atoms with Gasteiger partial charge in [-0.15, -0.1) is 0 Å². The van der Waals surface area contributed by atoms with Crippen molar-refractivity contribution in [1.82, 2.24) is 4.90 Å². The average molecular weight is 254 g/mol. The monoisotopic (exact) mass is 253 g/mol. The van der Waals surface area contributed by atoms with Gasteiger partial charge < -0.3 is 4.74 Å². The van der Waals surface area contributed by atoms with Crippen molar-refractivity contribution in [3.05, 3.63) is 29.3 Å². The first-order valence-electron chi connectivity index (χ1n) is 6.12. The quantitative estimate of drug-likeness (QED) is 0.799. The van der Waals surface area contributed by atoms with Crippen LogP contribution in [0.2, 0.25) is 5.02 Å². The molecule has 1 aromatic rings. The van der Waals surface area contributed by atoms with Crippen LogP contribution in [0, 0.1) is 0 Å². The summed E-state index contributed by atoms with van der Waals surface area (Å²) in [5.41, 5.74) is 0.229. The molecule has 1 heterocycles. The van der Waals surface area contributed by atoms with Crippen LogP contribution in [-0.4, -0.2) is 29.6 Å². The number of likely N-dealkylation sites (tertiary alicyclic amines) is 1. The summed E-state index contributed by atoms with van der Waals surface area (Å²) in [5, 5.41) is 0.730. The van der Waals surface area contributed by atoms with E-state index in [0.29, 0.717) is 0 Å². The SMILES string of the molecule is CC(C)(C)N1CC[C@@H](Oc2cccc(Cl)c2)C1. The van der Waals surface area contributed by atoms with E-state index in [9.17, 15) is 0 Å². The van der Waals surface area contributed by atoms with Crippen molar-refractivity contribution < 1.29 is 4.74 Å². The van der Waals surface area contributed by atoms with E-state index in [1.165, 1.54) is 0 Å². The summed E-state index contributed by atoms with van der Waals surface area (Å²) in [4.78, 5) is 2.46. The highest BCUT2D eigenvalue weighted by molar-refractivity contribution is 6.30. The summed E-state index contributed by atoms with van der Waals surface area (Å²) >= 11 is 5.94. The van der Waals surface area contributed by atoms with Crippen LogP contribution in [0.5, 0.6) is 5.75 Å². The predicted molar refractivity (Wildman–Crippen MR) is 71.8 cm³/mol. The van der Waals surface area contributed by atoms with Crippen LogP contribution in [0.25, 0.3) is 0 Å². The van der Waals surface area contributed by atoms with Gasteiger partial charge in [-0.1, -0.05) is 17.7 Å². The van der Waals surface area contributed by atoms with Crippen LogP contribution in [0.4, 0.5) is 0 Å². The molecule has 0 N–H and O–H groups in total. The fourth-order valence-electron chi connectivity index (χ4n) is 2.17. The molecule has 1 aliphatic rings. The maximum atomic E-state index is 5.96. The highest BCUT2D eigenvalue weighted by atomic mass is 35.5. The third kappa shape index (κ3) is 3.36. The highest BCUT2D eigenvalue weighted by Crippen LogP contribution is 2.25. The Hall–Kier alpha value is -0.730. The standard InChI is InChI=1S/C14H20ClNO/c1-14(2,3)16-8-7-13(10-16)17-12-6-4-5-11(15)9-12/h4-6,9,13H,7-8,10H2,1-3H3/t13-/m1/s1. The van der Waals surface area contributed by atoms with Gasteiger partial charge in [-0.2, -0.15) is 0 Å². The molecule has 3 heteroatoms. The van der Waals surface area contributed by atoms with E-state index in [2.05, 4.69) is 25.7 Å². The summed E-state index contributed by atoms with van der Waals surface area (Å²) in [5.74, 6) is 0.873.